The Kier molecular flexibility index (Phi) is 3.96. The second-order valence-corrected chi connectivity index (χ2v) is 7.70. The highest BCUT2D eigenvalue weighted by Gasteiger charge is 2.22. The molecule has 0 fully saturated rings. The maximum Gasteiger partial charge on any atom is 0.338 e. The quantitative estimate of drug-likeness (QED) is 0.354. The number of benzene rings is 4. The summed E-state index contributed by atoms with van der Waals surface area (Å²) < 4.78 is 3.54. The van der Waals surface area contributed by atoms with Gasteiger partial charge in [-0.05, 0) is 30.3 Å². The normalized spacial score (nSPS) is 11.2. The highest BCUT2D eigenvalue weighted by Crippen LogP contribution is 2.39. The molecule has 2 aromatic heterocycles. The third kappa shape index (κ3) is 2.46. The minimum atomic E-state index is -0.137. The molecular weight excluding hydrogens is 394 g/mol. The molecular formula is C28H17N3O. The van der Waals surface area contributed by atoms with Gasteiger partial charge in [-0.3, -0.25) is 8.97 Å². The topological polar surface area (TPSA) is 50.2 Å². The second-order valence-electron chi connectivity index (χ2n) is 7.70. The molecule has 6 aromatic rings. The van der Waals surface area contributed by atoms with Crippen molar-refractivity contribution in [1.29, 1.82) is 5.26 Å². The van der Waals surface area contributed by atoms with E-state index in [1.165, 1.54) is 0 Å². The summed E-state index contributed by atoms with van der Waals surface area (Å²) in [6.45, 7) is 0. The van der Waals surface area contributed by atoms with E-state index in [-0.39, 0.29) is 5.69 Å². The average Bonchev–Trinajstić information content (AvgIpc) is 3.20. The molecule has 0 saturated heterocycles. The Morgan fingerprint density at radius 1 is 0.656 bits per heavy atom. The van der Waals surface area contributed by atoms with E-state index in [1.54, 1.807) is 8.97 Å². The van der Waals surface area contributed by atoms with E-state index < -0.39 is 0 Å². The molecule has 32 heavy (non-hydrogen) atoms. The Balaban J connectivity index is 1.93. The van der Waals surface area contributed by atoms with Crippen LogP contribution in [0.4, 0.5) is 0 Å². The molecule has 4 aromatic carbocycles. The van der Waals surface area contributed by atoms with Crippen molar-refractivity contribution in [2.45, 2.75) is 0 Å². The zero-order valence-corrected chi connectivity index (χ0v) is 17.1. The SMILES string of the molecule is N#Cc1ccccc1-c1c2ccccc2n2c(=O)n(-c3ccccc3)c3ccccc3c12. The van der Waals surface area contributed by atoms with Crippen molar-refractivity contribution in [2.75, 3.05) is 0 Å². The molecule has 6 rings (SSSR count). The third-order valence-electron chi connectivity index (χ3n) is 5.99. The van der Waals surface area contributed by atoms with Crippen molar-refractivity contribution in [3.8, 4) is 22.9 Å². The molecule has 4 heteroatoms. The number of hydrogen-bond donors (Lipinski definition) is 0. The minimum absolute atomic E-state index is 0.137. The van der Waals surface area contributed by atoms with Crippen LogP contribution in [0.25, 0.3) is 44.1 Å². The number of para-hydroxylation sites is 3. The lowest BCUT2D eigenvalue weighted by Gasteiger charge is -2.14. The Morgan fingerprint density at radius 3 is 2.06 bits per heavy atom. The molecule has 0 spiro atoms. The lowest BCUT2D eigenvalue weighted by Crippen LogP contribution is -2.25. The summed E-state index contributed by atoms with van der Waals surface area (Å²) in [6.07, 6.45) is 0. The molecule has 0 aliphatic carbocycles. The molecule has 0 aliphatic rings. The molecule has 0 radical (unpaired) electrons. The van der Waals surface area contributed by atoms with Crippen LogP contribution in [0, 0.1) is 11.3 Å². The third-order valence-corrected chi connectivity index (χ3v) is 5.99. The molecule has 0 unspecified atom stereocenters. The van der Waals surface area contributed by atoms with Crippen LogP contribution in [0.2, 0.25) is 0 Å². The molecule has 0 saturated carbocycles. The monoisotopic (exact) mass is 411 g/mol. The number of aromatic nitrogens is 2. The maximum atomic E-state index is 14.0. The first-order chi connectivity index (χ1) is 15.8. The van der Waals surface area contributed by atoms with Gasteiger partial charge in [0.2, 0.25) is 0 Å². The number of nitriles is 1. The van der Waals surface area contributed by atoms with Crippen LogP contribution in [0.3, 0.4) is 0 Å². The van der Waals surface area contributed by atoms with Gasteiger partial charge >= 0.3 is 5.69 Å². The summed E-state index contributed by atoms with van der Waals surface area (Å²) in [6, 6.07) is 35.4. The Hall–Kier alpha value is -4.62. The summed E-state index contributed by atoms with van der Waals surface area (Å²) in [7, 11) is 0. The summed E-state index contributed by atoms with van der Waals surface area (Å²) in [5, 5.41) is 11.7. The van der Waals surface area contributed by atoms with Crippen molar-refractivity contribution in [3.63, 3.8) is 0 Å². The molecule has 0 bridgehead atoms. The minimum Gasteiger partial charge on any atom is -0.262 e. The van der Waals surface area contributed by atoms with Gasteiger partial charge in [0.15, 0.2) is 0 Å². The first-order valence-corrected chi connectivity index (χ1v) is 10.4. The fourth-order valence-electron chi connectivity index (χ4n) is 4.66. The van der Waals surface area contributed by atoms with E-state index in [2.05, 4.69) is 6.07 Å². The lowest BCUT2D eigenvalue weighted by molar-refractivity contribution is 0.936. The summed E-state index contributed by atoms with van der Waals surface area (Å²) in [5.74, 6) is 0. The smallest absolute Gasteiger partial charge is 0.262 e. The van der Waals surface area contributed by atoms with Crippen LogP contribution in [-0.2, 0) is 0 Å². The van der Waals surface area contributed by atoms with Gasteiger partial charge in [-0.15, -0.1) is 0 Å². The van der Waals surface area contributed by atoms with E-state index in [1.807, 2.05) is 103 Å². The lowest BCUT2D eigenvalue weighted by atomic mass is 9.97. The number of fused-ring (bicyclic) bond motifs is 5. The standard InChI is InChI=1S/C28H17N3O/c29-18-19-10-4-5-13-21(19)26-22-14-6-8-16-24(22)31-27(26)23-15-7-9-17-25(23)30(28(31)32)20-11-2-1-3-12-20/h1-17H. The molecule has 150 valence electrons. The zero-order chi connectivity index (χ0) is 21.7. The Labute approximate surface area is 183 Å². The van der Waals surface area contributed by atoms with Crippen molar-refractivity contribution in [1.82, 2.24) is 8.97 Å². The average molecular weight is 411 g/mol. The van der Waals surface area contributed by atoms with E-state index in [0.29, 0.717) is 5.56 Å². The summed E-state index contributed by atoms with van der Waals surface area (Å²) in [4.78, 5) is 14.0. The van der Waals surface area contributed by atoms with Crippen LogP contribution >= 0.6 is 0 Å². The van der Waals surface area contributed by atoms with Gasteiger partial charge in [0, 0.05) is 21.9 Å². The van der Waals surface area contributed by atoms with E-state index in [9.17, 15) is 10.1 Å². The summed E-state index contributed by atoms with van der Waals surface area (Å²) >= 11 is 0. The summed E-state index contributed by atoms with van der Waals surface area (Å²) in [5.41, 5.74) is 5.47. The van der Waals surface area contributed by atoms with E-state index in [4.69, 9.17) is 0 Å². The molecule has 0 amide bonds. The van der Waals surface area contributed by atoms with Crippen LogP contribution in [0.1, 0.15) is 5.56 Å². The van der Waals surface area contributed by atoms with Crippen LogP contribution < -0.4 is 5.69 Å². The highest BCUT2D eigenvalue weighted by molar-refractivity contribution is 6.14. The first kappa shape index (κ1) is 18.2. The predicted octanol–water partition coefficient (Wildman–Crippen LogP) is 5.94. The van der Waals surface area contributed by atoms with Gasteiger partial charge in [0.25, 0.3) is 0 Å². The van der Waals surface area contributed by atoms with Gasteiger partial charge in [-0.1, -0.05) is 72.8 Å². The van der Waals surface area contributed by atoms with E-state index in [0.717, 1.165) is 44.1 Å². The Morgan fingerprint density at radius 2 is 1.28 bits per heavy atom. The second kappa shape index (κ2) is 6.97. The van der Waals surface area contributed by atoms with E-state index >= 15 is 0 Å². The Bertz CT molecular complexity index is 1750. The van der Waals surface area contributed by atoms with Crippen LogP contribution in [0.15, 0.2) is 108 Å². The van der Waals surface area contributed by atoms with Gasteiger partial charge < -0.3 is 0 Å². The number of rotatable bonds is 2. The fourth-order valence-corrected chi connectivity index (χ4v) is 4.66. The number of nitrogens with zero attached hydrogens (tertiary/aromatic N) is 3. The molecule has 0 aliphatic heterocycles. The number of hydrogen-bond acceptors (Lipinski definition) is 2. The van der Waals surface area contributed by atoms with Crippen molar-refractivity contribution in [2.24, 2.45) is 0 Å². The fraction of sp³-hybridized carbons (Fsp3) is 0. The molecule has 0 atom stereocenters. The molecule has 4 nitrogen and oxygen atoms in total. The van der Waals surface area contributed by atoms with Gasteiger partial charge in [-0.25, -0.2) is 4.79 Å². The van der Waals surface area contributed by atoms with Gasteiger partial charge in [-0.2, -0.15) is 5.26 Å². The van der Waals surface area contributed by atoms with Crippen LogP contribution in [0.5, 0.6) is 0 Å². The predicted molar refractivity (Wildman–Crippen MR) is 128 cm³/mol. The van der Waals surface area contributed by atoms with Gasteiger partial charge in [0.05, 0.1) is 33.9 Å². The first-order valence-electron chi connectivity index (χ1n) is 10.4. The van der Waals surface area contributed by atoms with Crippen molar-refractivity contribution in [3.05, 3.63) is 119 Å². The zero-order valence-electron chi connectivity index (χ0n) is 17.1. The van der Waals surface area contributed by atoms with Gasteiger partial charge in [0.1, 0.15) is 0 Å². The van der Waals surface area contributed by atoms with Crippen molar-refractivity contribution >= 4 is 27.3 Å². The molecule has 0 N–H and O–H groups in total. The maximum absolute atomic E-state index is 14.0. The largest absolute Gasteiger partial charge is 0.338 e. The highest BCUT2D eigenvalue weighted by atomic mass is 16.1. The van der Waals surface area contributed by atoms with Crippen molar-refractivity contribution < 1.29 is 0 Å². The molecule has 2 heterocycles. The van der Waals surface area contributed by atoms with Crippen LogP contribution in [-0.4, -0.2) is 8.97 Å².